The van der Waals surface area contributed by atoms with Crippen molar-refractivity contribution in [1.29, 1.82) is 0 Å². The molecule has 6 aromatic carbocycles. The Hall–Kier alpha value is -6.06. The van der Waals surface area contributed by atoms with Crippen molar-refractivity contribution in [2.45, 2.75) is 12.8 Å². The summed E-state index contributed by atoms with van der Waals surface area (Å²) < 4.78 is 2.47. The van der Waals surface area contributed by atoms with Crippen molar-refractivity contribution in [2.24, 2.45) is 0 Å². The molecule has 3 heteroatoms. The van der Waals surface area contributed by atoms with Gasteiger partial charge in [0.25, 0.3) is 0 Å². The monoisotopic (exact) mass is 601 g/mol. The summed E-state index contributed by atoms with van der Waals surface area (Å²) in [5, 5.41) is 2.33. The molecule has 3 nitrogen and oxygen atoms in total. The third kappa shape index (κ3) is 4.76. The second kappa shape index (κ2) is 11.4. The Labute approximate surface area is 274 Å². The number of fused-ring (bicyclic) bond motifs is 4. The summed E-state index contributed by atoms with van der Waals surface area (Å²) in [6, 6.07) is 55.8. The van der Waals surface area contributed by atoms with Gasteiger partial charge in [-0.3, -0.25) is 0 Å². The molecule has 0 saturated carbocycles. The molecule has 0 saturated heterocycles. The number of hydrogen-bond acceptors (Lipinski definition) is 2. The van der Waals surface area contributed by atoms with Crippen LogP contribution >= 0.6 is 0 Å². The van der Waals surface area contributed by atoms with E-state index in [-0.39, 0.29) is 0 Å². The summed E-state index contributed by atoms with van der Waals surface area (Å²) in [5.74, 6) is 0.739. The third-order valence-corrected chi connectivity index (χ3v) is 9.29. The van der Waals surface area contributed by atoms with E-state index in [1.165, 1.54) is 50.1 Å². The van der Waals surface area contributed by atoms with Crippen LogP contribution in [-0.4, -0.2) is 14.5 Å². The number of rotatable bonds is 5. The van der Waals surface area contributed by atoms with Crippen molar-refractivity contribution in [3.05, 3.63) is 181 Å². The van der Waals surface area contributed by atoms with Gasteiger partial charge in [-0.15, -0.1) is 0 Å². The number of para-hydroxylation sites is 1. The van der Waals surface area contributed by atoms with Crippen LogP contribution < -0.4 is 0 Å². The average molecular weight is 602 g/mol. The quantitative estimate of drug-likeness (QED) is 0.196. The van der Waals surface area contributed by atoms with E-state index in [9.17, 15) is 0 Å². The van der Waals surface area contributed by atoms with Gasteiger partial charge in [0.1, 0.15) is 0 Å². The van der Waals surface area contributed by atoms with E-state index in [1.54, 1.807) is 0 Å². The molecule has 1 aliphatic carbocycles. The minimum atomic E-state index is 0.739. The lowest BCUT2D eigenvalue weighted by molar-refractivity contribution is 0.884. The first kappa shape index (κ1) is 27.3. The highest BCUT2D eigenvalue weighted by atomic mass is 15.0. The Morgan fingerprint density at radius 2 is 1.11 bits per heavy atom. The summed E-state index contributed by atoms with van der Waals surface area (Å²) >= 11 is 0. The van der Waals surface area contributed by atoms with Crippen molar-refractivity contribution in [1.82, 2.24) is 14.5 Å². The second-order valence-electron chi connectivity index (χ2n) is 12.1. The standard InChI is InChI=1S/C44H31N3/c1-4-13-30(14-5-1)31-23-26-35(27-24-31)47-40-21-11-10-19-38(40)42-36(20-12-22-41(42)47)34-25-28-37-39(29-34)45-44(33-17-8-3-9-18-33)46-43(37)32-15-6-2-7-16-32/h1-11,13-21,23-29H,12,22H2. The maximum atomic E-state index is 5.15. The van der Waals surface area contributed by atoms with Crippen molar-refractivity contribution in [2.75, 3.05) is 0 Å². The molecule has 222 valence electrons. The number of benzene rings is 6. The number of allylic oxidation sites excluding steroid dienone is 1. The number of nitrogens with zero attached hydrogens (tertiary/aromatic N) is 3. The second-order valence-corrected chi connectivity index (χ2v) is 12.1. The van der Waals surface area contributed by atoms with Crippen molar-refractivity contribution in [3.63, 3.8) is 0 Å². The molecule has 0 radical (unpaired) electrons. The predicted molar refractivity (Wildman–Crippen MR) is 195 cm³/mol. The van der Waals surface area contributed by atoms with E-state index >= 15 is 0 Å². The first-order valence-corrected chi connectivity index (χ1v) is 16.2. The van der Waals surface area contributed by atoms with Crippen molar-refractivity contribution in [3.8, 4) is 39.5 Å². The molecule has 0 atom stereocenters. The highest BCUT2D eigenvalue weighted by molar-refractivity contribution is 6.03. The molecule has 47 heavy (non-hydrogen) atoms. The molecule has 0 aliphatic heterocycles. The van der Waals surface area contributed by atoms with Gasteiger partial charge in [0.15, 0.2) is 5.82 Å². The van der Waals surface area contributed by atoms with Crippen LogP contribution in [0.1, 0.15) is 23.2 Å². The Morgan fingerprint density at radius 1 is 0.489 bits per heavy atom. The predicted octanol–water partition coefficient (Wildman–Crippen LogP) is 11.0. The summed E-state index contributed by atoms with van der Waals surface area (Å²) in [6.45, 7) is 0. The lowest BCUT2D eigenvalue weighted by atomic mass is 9.88. The maximum Gasteiger partial charge on any atom is 0.160 e. The number of aromatic nitrogens is 3. The van der Waals surface area contributed by atoms with Crippen LogP contribution in [0.3, 0.4) is 0 Å². The first-order valence-electron chi connectivity index (χ1n) is 16.2. The van der Waals surface area contributed by atoms with Crippen LogP contribution in [-0.2, 0) is 6.42 Å². The summed E-state index contributed by atoms with van der Waals surface area (Å²) in [7, 11) is 0. The van der Waals surface area contributed by atoms with Gasteiger partial charge in [-0.1, -0.05) is 133 Å². The molecule has 8 aromatic rings. The fourth-order valence-electron chi connectivity index (χ4n) is 7.11. The van der Waals surface area contributed by atoms with Crippen molar-refractivity contribution < 1.29 is 0 Å². The minimum absolute atomic E-state index is 0.739. The van der Waals surface area contributed by atoms with E-state index in [1.807, 2.05) is 24.3 Å². The normalized spacial score (nSPS) is 12.6. The molecule has 0 amide bonds. The maximum absolute atomic E-state index is 5.15. The topological polar surface area (TPSA) is 30.7 Å². The molecule has 0 bridgehead atoms. The third-order valence-electron chi connectivity index (χ3n) is 9.29. The van der Waals surface area contributed by atoms with E-state index < -0.39 is 0 Å². The average Bonchev–Trinajstić information content (AvgIpc) is 3.50. The molecule has 9 rings (SSSR count). The Balaban J connectivity index is 1.20. The summed E-state index contributed by atoms with van der Waals surface area (Å²) in [5.41, 5.74) is 14.0. The molecule has 0 N–H and O–H groups in total. The van der Waals surface area contributed by atoms with E-state index in [0.717, 1.165) is 46.4 Å². The Kier molecular flexibility index (Phi) is 6.60. The Morgan fingerprint density at radius 3 is 1.85 bits per heavy atom. The zero-order chi connectivity index (χ0) is 31.2. The number of hydrogen-bond donors (Lipinski definition) is 0. The molecular formula is C44H31N3. The van der Waals surface area contributed by atoms with Gasteiger partial charge in [-0.05, 0) is 65.4 Å². The van der Waals surface area contributed by atoms with Gasteiger partial charge >= 0.3 is 0 Å². The molecule has 2 aromatic heterocycles. The lowest BCUT2D eigenvalue weighted by Gasteiger charge is -2.19. The highest BCUT2D eigenvalue weighted by Crippen LogP contribution is 2.42. The van der Waals surface area contributed by atoms with Gasteiger partial charge in [-0.2, -0.15) is 0 Å². The zero-order valence-corrected chi connectivity index (χ0v) is 25.8. The van der Waals surface area contributed by atoms with Gasteiger partial charge in [-0.25, -0.2) is 9.97 Å². The van der Waals surface area contributed by atoms with E-state index in [4.69, 9.17) is 9.97 Å². The smallest absolute Gasteiger partial charge is 0.160 e. The van der Waals surface area contributed by atoms with E-state index in [0.29, 0.717) is 0 Å². The van der Waals surface area contributed by atoms with Gasteiger partial charge in [0.05, 0.1) is 16.7 Å². The molecule has 0 fully saturated rings. The van der Waals surface area contributed by atoms with Crippen LogP contribution in [0.4, 0.5) is 0 Å². The van der Waals surface area contributed by atoms with Crippen LogP contribution in [0.25, 0.3) is 66.8 Å². The van der Waals surface area contributed by atoms with Crippen molar-refractivity contribution >= 4 is 27.4 Å². The molecule has 1 aliphatic rings. The molecular weight excluding hydrogens is 571 g/mol. The molecule has 0 unspecified atom stereocenters. The summed E-state index contributed by atoms with van der Waals surface area (Å²) in [4.78, 5) is 10.2. The van der Waals surface area contributed by atoms with Crippen LogP contribution in [0.2, 0.25) is 0 Å². The van der Waals surface area contributed by atoms with Crippen LogP contribution in [0, 0.1) is 0 Å². The highest BCUT2D eigenvalue weighted by Gasteiger charge is 2.25. The SMILES string of the molecule is C1=C(c2ccc3c(-c4ccccc4)nc(-c4ccccc4)nc3c2)c2c(n(-c3ccc(-c4ccccc4)cc3)c3ccccc23)CC1. The Bertz CT molecular complexity index is 2420. The fourth-order valence-corrected chi connectivity index (χ4v) is 7.11. The fraction of sp³-hybridized carbons (Fsp3) is 0.0455. The van der Waals surface area contributed by atoms with Gasteiger partial charge in [0.2, 0.25) is 0 Å². The van der Waals surface area contributed by atoms with Crippen LogP contribution in [0.5, 0.6) is 0 Å². The van der Waals surface area contributed by atoms with Gasteiger partial charge in [0, 0.05) is 38.8 Å². The minimum Gasteiger partial charge on any atom is -0.313 e. The molecule has 2 heterocycles. The van der Waals surface area contributed by atoms with E-state index in [2.05, 4.69) is 144 Å². The lowest BCUT2D eigenvalue weighted by Crippen LogP contribution is -2.06. The summed E-state index contributed by atoms with van der Waals surface area (Å²) in [6.07, 6.45) is 4.38. The largest absolute Gasteiger partial charge is 0.313 e. The van der Waals surface area contributed by atoms with Crippen LogP contribution in [0.15, 0.2) is 164 Å². The molecule has 0 spiro atoms. The zero-order valence-electron chi connectivity index (χ0n) is 25.8. The van der Waals surface area contributed by atoms with Gasteiger partial charge < -0.3 is 4.57 Å². The first-order chi connectivity index (χ1) is 23.3.